The van der Waals surface area contributed by atoms with Gasteiger partial charge in [-0.1, -0.05) is 30.0 Å². The second kappa shape index (κ2) is 7.41. The van der Waals surface area contributed by atoms with Gasteiger partial charge in [0.25, 0.3) is 0 Å². The van der Waals surface area contributed by atoms with Gasteiger partial charge in [-0.05, 0) is 50.6 Å². The molecular weight excluding hydrogens is 351 g/mol. The van der Waals surface area contributed by atoms with E-state index in [1.807, 2.05) is 51.2 Å². The molecule has 2 N–H and O–H groups in total. The molecule has 3 aromatic rings. The summed E-state index contributed by atoms with van der Waals surface area (Å²) >= 11 is 1.53. The molecule has 0 aliphatic carbocycles. The first-order valence-electron chi connectivity index (χ1n) is 8.31. The molecule has 4 nitrogen and oxygen atoms in total. The van der Waals surface area contributed by atoms with Crippen LogP contribution in [-0.4, -0.2) is 16.7 Å². The molecule has 0 atom stereocenters. The highest BCUT2D eigenvalue weighted by Crippen LogP contribution is 2.35. The molecular formula is C20H21FN2O2S. The summed E-state index contributed by atoms with van der Waals surface area (Å²) in [4.78, 5) is 17.0. The second-order valence-corrected chi connectivity index (χ2v) is 7.99. The van der Waals surface area contributed by atoms with Crippen molar-refractivity contribution in [1.82, 2.24) is 10.3 Å². The van der Waals surface area contributed by atoms with Crippen LogP contribution in [0.1, 0.15) is 26.3 Å². The Labute approximate surface area is 156 Å². The zero-order chi connectivity index (χ0) is 18.7. The minimum Gasteiger partial charge on any atom is -0.444 e. The van der Waals surface area contributed by atoms with Gasteiger partial charge in [0.1, 0.15) is 11.4 Å². The number of benzene rings is 2. The molecule has 0 unspecified atom stereocenters. The van der Waals surface area contributed by atoms with E-state index in [4.69, 9.17) is 4.74 Å². The first-order valence-corrected chi connectivity index (χ1v) is 9.13. The van der Waals surface area contributed by atoms with Gasteiger partial charge in [-0.2, -0.15) is 0 Å². The molecule has 1 aromatic heterocycles. The molecule has 0 fully saturated rings. The van der Waals surface area contributed by atoms with E-state index in [1.54, 1.807) is 6.07 Å². The molecule has 0 aliphatic rings. The molecule has 26 heavy (non-hydrogen) atoms. The first kappa shape index (κ1) is 18.3. The zero-order valence-corrected chi connectivity index (χ0v) is 15.7. The van der Waals surface area contributed by atoms with E-state index in [2.05, 4.69) is 10.3 Å². The van der Waals surface area contributed by atoms with Crippen LogP contribution in [0, 0.1) is 5.82 Å². The van der Waals surface area contributed by atoms with Crippen molar-refractivity contribution in [3.8, 4) is 0 Å². The van der Waals surface area contributed by atoms with Crippen molar-refractivity contribution < 1.29 is 13.9 Å². The molecule has 1 amide bonds. The number of nitrogens with one attached hydrogen (secondary N) is 2. The minimum atomic E-state index is -0.535. The van der Waals surface area contributed by atoms with E-state index >= 15 is 0 Å². The summed E-state index contributed by atoms with van der Waals surface area (Å²) in [5, 5.41) is 3.62. The SMILES string of the molecule is CC(C)(C)OC(=O)NCc1ccccc1Sc1c[nH]c2ccc(F)cc12. The fourth-order valence-electron chi connectivity index (χ4n) is 2.50. The molecule has 3 rings (SSSR count). The number of amides is 1. The van der Waals surface area contributed by atoms with Crippen LogP contribution in [0.3, 0.4) is 0 Å². The monoisotopic (exact) mass is 372 g/mol. The lowest BCUT2D eigenvalue weighted by atomic mass is 10.2. The third-order valence-corrected chi connectivity index (χ3v) is 4.80. The smallest absolute Gasteiger partial charge is 0.407 e. The third-order valence-electron chi connectivity index (χ3n) is 3.62. The molecule has 1 heterocycles. The summed E-state index contributed by atoms with van der Waals surface area (Å²) in [5.74, 6) is -0.265. The maximum atomic E-state index is 13.6. The fraction of sp³-hybridized carbons (Fsp3) is 0.250. The van der Waals surface area contributed by atoms with Crippen LogP contribution in [0.4, 0.5) is 9.18 Å². The quantitative estimate of drug-likeness (QED) is 0.637. The van der Waals surface area contributed by atoms with E-state index in [1.165, 1.54) is 23.9 Å². The maximum absolute atomic E-state index is 13.6. The van der Waals surface area contributed by atoms with Crippen molar-refractivity contribution >= 4 is 28.8 Å². The number of alkyl carbamates (subject to hydrolysis) is 1. The number of aromatic nitrogens is 1. The topological polar surface area (TPSA) is 54.1 Å². The van der Waals surface area contributed by atoms with Crippen molar-refractivity contribution in [2.24, 2.45) is 0 Å². The van der Waals surface area contributed by atoms with Gasteiger partial charge in [-0.15, -0.1) is 0 Å². The van der Waals surface area contributed by atoms with Crippen LogP contribution in [0.25, 0.3) is 10.9 Å². The van der Waals surface area contributed by atoms with E-state index in [9.17, 15) is 9.18 Å². The number of carbonyl (C=O) groups is 1. The molecule has 0 spiro atoms. The fourth-order valence-corrected chi connectivity index (χ4v) is 3.55. The van der Waals surface area contributed by atoms with Crippen LogP contribution in [0.15, 0.2) is 58.5 Å². The lowest BCUT2D eigenvalue weighted by Crippen LogP contribution is -2.32. The molecule has 0 saturated heterocycles. The van der Waals surface area contributed by atoms with Gasteiger partial charge in [-0.3, -0.25) is 0 Å². The predicted octanol–water partition coefficient (Wildman–Crippen LogP) is 5.48. The summed E-state index contributed by atoms with van der Waals surface area (Å²) in [7, 11) is 0. The van der Waals surface area contributed by atoms with Crippen LogP contribution in [0.2, 0.25) is 0 Å². The third kappa shape index (κ3) is 4.58. The molecule has 0 bridgehead atoms. The van der Waals surface area contributed by atoms with Crippen LogP contribution >= 0.6 is 11.8 Å². The maximum Gasteiger partial charge on any atom is 0.407 e. The lowest BCUT2D eigenvalue weighted by molar-refractivity contribution is 0.0523. The largest absolute Gasteiger partial charge is 0.444 e. The van der Waals surface area contributed by atoms with E-state index in [0.717, 1.165) is 26.3 Å². The average molecular weight is 372 g/mol. The number of fused-ring (bicyclic) bond motifs is 1. The highest BCUT2D eigenvalue weighted by molar-refractivity contribution is 7.99. The van der Waals surface area contributed by atoms with Crippen LogP contribution in [-0.2, 0) is 11.3 Å². The molecule has 0 radical (unpaired) electrons. The molecule has 2 aromatic carbocycles. The summed E-state index contributed by atoms with van der Waals surface area (Å²) < 4.78 is 18.8. The Morgan fingerprint density at radius 2 is 1.96 bits per heavy atom. The number of carbonyl (C=O) groups excluding carboxylic acids is 1. The molecule has 0 aliphatic heterocycles. The summed E-state index contributed by atoms with van der Waals surface area (Å²) in [6, 6.07) is 12.5. The van der Waals surface area contributed by atoms with Gasteiger partial charge in [0.15, 0.2) is 0 Å². The summed E-state index contributed by atoms with van der Waals surface area (Å²) in [6.07, 6.45) is 1.42. The van der Waals surface area contributed by atoms with Crippen molar-refractivity contribution in [1.29, 1.82) is 0 Å². The Balaban J connectivity index is 1.77. The van der Waals surface area contributed by atoms with E-state index in [-0.39, 0.29) is 5.82 Å². The number of H-pyrrole nitrogens is 1. The van der Waals surface area contributed by atoms with Crippen molar-refractivity contribution in [3.05, 3.63) is 60.0 Å². The van der Waals surface area contributed by atoms with Crippen molar-refractivity contribution in [2.45, 2.75) is 42.7 Å². The number of rotatable bonds is 4. The summed E-state index contributed by atoms with van der Waals surface area (Å²) in [6.45, 7) is 5.83. The van der Waals surface area contributed by atoms with Gasteiger partial charge < -0.3 is 15.0 Å². The number of hydrogen-bond donors (Lipinski definition) is 2. The number of halogens is 1. The van der Waals surface area contributed by atoms with E-state index < -0.39 is 11.7 Å². The van der Waals surface area contributed by atoms with Gasteiger partial charge >= 0.3 is 6.09 Å². The van der Waals surface area contributed by atoms with Crippen molar-refractivity contribution in [2.75, 3.05) is 0 Å². The van der Waals surface area contributed by atoms with E-state index in [0.29, 0.717) is 6.54 Å². The Kier molecular flexibility index (Phi) is 5.23. The second-order valence-electron chi connectivity index (χ2n) is 6.91. The van der Waals surface area contributed by atoms with Gasteiger partial charge in [0.2, 0.25) is 0 Å². The molecule has 0 saturated carbocycles. The number of aromatic amines is 1. The van der Waals surface area contributed by atoms with Crippen LogP contribution in [0.5, 0.6) is 0 Å². The minimum absolute atomic E-state index is 0.265. The average Bonchev–Trinajstić information content (AvgIpc) is 2.95. The Hall–Kier alpha value is -2.47. The summed E-state index contributed by atoms with van der Waals surface area (Å²) in [5.41, 5.74) is 1.32. The molecule has 136 valence electrons. The first-order chi connectivity index (χ1) is 12.3. The normalized spacial score (nSPS) is 11.5. The van der Waals surface area contributed by atoms with Crippen LogP contribution < -0.4 is 5.32 Å². The van der Waals surface area contributed by atoms with Gasteiger partial charge in [0, 0.05) is 33.4 Å². The number of hydrogen-bond acceptors (Lipinski definition) is 3. The zero-order valence-electron chi connectivity index (χ0n) is 14.9. The highest BCUT2D eigenvalue weighted by Gasteiger charge is 2.16. The Bertz CT molecular complexity index is 931. The van der Waals surface area contributed by atoms with Crippen molar-refractivity contribution in [3.63, 3.8) is 0 Å². The molecule has 6 heteroatoms. The van der Waals surface area contributed by atoms with Gasteiger partial charge in [0.05, 0.1) is 0 Å². The Morgan fingerprint density at radius 3 is 2.73 bits per heavy atom. The number of ether oxygens (including phenoxy) is 1. The Morgan fingerprint density at radius 1 is 1.19 bits per heavy atom. The lowest BCUT2D eigenvalue weighted by Gasteiger charge is -2.20. The standard InChI is InChI=1S/C20H21FN2O2S/c1-20(2,3)25-19(24)23-11-13-6-4-5-7-17(13)26-18-12-22-16-9-8-14(21)10-15(16)18/h4-10,12,22H,11H2,1-3H3,(H,23,24). The highest BCUT2D eigenvalue weighted by atomic mass is 32.2. The predicted molar refractivity (Wildman–Crippen MR) is 102 cm³/mol. The van der Waals surface area contributed by atoms with Gasteiger partial charge in [-0.25, -0.2) is 9.18 Å².